The first-order valence-electron chi connectivity index (χ1n) is 8.57. The fourth-order valence-corrected chi connectivity index (χ4v) is 3.31. The van der Waals surface area contributed by atoms with Gasteiger partial charge in [0.05, 0.1) is 0 Å². The maximum absolute atomic E-state index is 14.0. The van der Waals surface area contributed by atoms with Crippen LogP contribution in [-0.4, -0.2) is 12.0 Å². The standard InChI is InChI=1S/C22H16ClF2NO/c1-13-21(26-22(27-13)20-18(24)3-2-4-19(20)25)16-7-5-14(6-8-16)15-9-11-17(23)12-10-15/h2-13,21H,1H3. The Morgan fingerprint density at radius 2 is 1.41 bits per heavy atom. The van der Waals surface area contributed by atoms with Gasteiger partial charge in [-0.15, -0.1) is 0 Å². The maximum Gasteiger partial charge on any atom is 0.223 e. The number of halogens is 3. The van der Waals surface area contributed by atoms with Gasteiger partial charge in [-0.3, -0.25) is 0 Å². The second-order valence-corrected chi connectivity index (χ2v) is 6.86. The van der Waals surface area contributed by atoms with Gasteiger partial charge in [0.2, 0.25) is 5.90 Å². The van der Waals surface area contributed by atoms with E-state index in [2.05, 4.69) is 4.99 Å². The number of hydrogen-bond donors (Lipinski definition) is 0. The summed E-state index contributed by atoms with van der Waals surface area (Å²) < 4.78 is 33.7. The van der Waals surface area contributed by atoms with E-state index in [0.717, 1.165) is 16.7 Å². The van der Waals surface area contributed by atoms with Crippen LogP contribution in [-0.2, 0) is 4.74 Å². The first-order valence-corrected chi connectivity index (χ1v) is 8.95. The van der Waals surface area contributed by atoms with E-state index in [9.17, 15) is 8.78 Å². The zero-order valence-corrected chi connectivity index (χ0v) is 15.3. The molecule has 3 aromatic rings. The Morgan fingerprint density at radius 3 is 2.00 bits per heavy atom. The van der Waals surface area contributed by atoms with E-state index in [1.54, 1.807) is 0 Å². The van der Waals surface area contributed by atoms with E-state index in [4.69, 9.17) is 16.3 Å². The number of hydrogen-bond acceptors (Lipinski definition) is 2. The number of benzene rings is 3. The molecule has 0 spiro atoms. The van der Waals surface area contributed by atoms with E-state index in [1.807, 2.05) is 55.5 Å². The summed E-state index contributed by atoms with van der Waals surface area (Å²) in [6.07, 6.45) is -0.319. The summed E-state index contributed by atoms with van der Waals surface area (Å²) in [6, 6.07) is 18.9. The summed E-state index contributed by atoms with van der Waals surface area (Å²) in [4.78, 5) is 4.44. The van der Waals surface area contributed by atoms with Crippen LogP contribution < -0.4 is 0 Å². The normalized spacial score (nSPS) is 18.9. The highest BCUT2D eigenvalue weighted by molar-refractivity contribution is 6.30. The van der Waals surface area contributed by atoms with Crippen LogP contribution in [0.5, 0.6) is 0 Å². The average Bonchev–Trinajstić information content (AvgIpc) is 3.04. The van der Waals surface area contributed by atoms with E-state index in [0.29, 0.717) is 5.02 Å². The first-order chi connectivity index (χ1) is 13.0. The molecular weight excluding hydrogens is 368 g/mol. The molecule has 0 saturated carbocycles. The summed E-state index contributed by atoms with van der Waals surface area (Å²) >= 11 is 5.93. The highest BCUT2D eigenvalue weighted by Crippen LogP contribution is 2.33. The zero-order valence-electron chi connectivity index (χ0n) is 14.5. The summed E-state index contributed by atoms with van der Waals surface area (Å²) in [5.74, 6) is -1.36. The van der Waals surface area contributed by atoms with Crippen LogP contribution >= 0.6 is 11.6 Å². The van der Waals surface area contributed by atoms with Crippen molar-refractivity contribution in [1.82, 2.24) is 0 Å². The first kappa shape index (κ1) is 17.7. The minimum absolute atomic E-state index is 0.00452. The molecule has 0 N–H and O–H groups in total. The number of ether oxygens (including phenoxy) is 1. The molecule has 0 saturated heterocycles. The van der Waals surface area contributed by atoms with Crippen molar-refractivity contribution in [1.29, 1.82) is 0 Å². The van der Waals surface area contributed by atoms with Crippen LogP contribution in [0.3, 0.4) is 0 Å². The third-order valence-electron chi connectivity index (χ3n) is 4.60. The Kier molecular flexibility index (Phi) is 4.66. The van der Waals surface area contributed by atoms with Crippen LogP contribution in [0.1, 0.15) is 24.1 Å². The molecule has 2 unspecified atom stereocenters. The van der Waals surface area contributed by atoms with Gasteiger partial charge in [0.1, 0.15) is 29.3 Å². The highest BCUT2D eigenvalue weighted by Gasteiger charge is 2.32. The number of nitrogens with zero attached hydrogens (tertiary/aromatic N) is 1. The van der Waals surface area contributed by atoms with E-state index < -0.39 is 11.6 Å². The lowest BCUT2D eigenvalue weighted by Crippen LogP contribution is -2.14. The van der Waals surface area contributed by atoms with E-state index in [-0.39, 0.29) is 23.6 Å². The van der Waals surface area contributed by atoms with Gasteiger partial charge in [-0.05, 0) is 47.9 Å². The highest BCUT2D eigenvalue weighted by atomic mass is 35.5. The van der Waals surface area contributed by atoms with Crippen LogP contribution in [0.2, 0.25) is 5.02 Å². The molecule has 0 amide bonds. The molecule has 3 aromatic carbocycles. The van der Waals surface area contributed by atoms with Gasteiger partial charge in [-0.2, -0.15) is 0 Å². The van der Waals surface area contributed by atoms with Crippen LogP contribution in [0.25, 0.3) is 11.1 Å². The molecule has 1 aliphatic heterocycles. The molecule has 4 rings (SSSR count). The monoisotopic (exact) mass is 383 g/mol. The number of rotatable bonds is 3. The van der Waals surface area contributed by atoms with Crippen molar-refractivity contribution < 1.29 is 13.5 Å². The molecule has 27 heavy (non-hydrogen) atoms. The van der Waals surface area contributed by atoms with Gasteiger partial charge in [-0.1, -0.05) is 54.1 Å². The lowest BCUT2D eigenvalue weighted by atomic mass is 9.99. The SMILES string of the molecule is CC1OC(c2c(F)cccc2F)=NC1c1ccc(-c2ccc(Cl)cc2)cc1. The molecule has 2 nitrogen and oxygen atoms in total. The Balaban J connectivity index is 1.63. The van der Waals surface area contributed by atoms with Crippen LogP contribution in [0.4, 0.5) is 8.78 Å². The fourth-order valence-electron chi connectivity index (χ4n) is 3.19. The molecular formula is C22H16ClF2NO. The average molecular weight is 384 g/mol. The number of aliphatic imine (C=N–C) groups is 1. The molecule has 5 heteroatoms. The minimum Gasteiger partial charge on any atom is -0.472 e. The topological polar surface area (TPSA) is 21.6 Å². The predicted molar refractivity (Wildman–Crippen MR) is 103 cm³/mol. The van der Waals surface area contributed by atoms with Crippen LogP contribution in [0, 0.1) is 11.6 Å². The second-order valence-electron chi connectivity index (χ2n) is 6.43. The van der Waals surface area contributed by atoms with Crippen molar-refractivity contribution in [3.8, 4) is 11.1 Å². The van der Waals surface area contributed by atoms with Crippen molar-refractivity contribution in [3.63, 3.8) is 0 Å². The van der Waals surface area contributed by atoms with Crippen molar-refractivity contribution in [2.75, 3.05) is 0 Å². The van der Waals surface area contributed by atoms with Crippen molar-refractivity contribution in [2.24, 2.45) is 4.99 Å². The van der Waals surface area contributed by atoms with Crippen molar-refractivity contribution >= 4 is 17.5 Å². The summed E-state index contributed by atoms with van der Waals surface area (Å²) in [5, 5.41) is 0.689. The van der Waals surface area contributed by atoms with Gasteiger partial charge in [0.15, 0.2) is 0 Å². The van der Waals surface area contributed by atoms with Crippen LogP contribution in [0.15, 0.2) is 71.7 Å². The summed E-state index contributed by atoms with van der Waals surface area (Å²) in [5.41, 5.74) is 2.81. The third kappa shape index (κ3) is 3.45. The zero-order chi connectivity index (χ0) is 19.0. The Hall–Kier alpha value is -2.72. The third-order valence-corrected chi connectivity index (χ3v) is 4.86. The largest absolute Gasteiger partial charge is 0.472 e. The summed E-state index contributed by atoms with van der Waals surface area (Å²) in [7, 11) is 0. The Morgan fingerprint density at radius 1 is 0.852 bits per heavy atom. The second kappa shape index (κ2) is 7.12. The van der Waals surface area contributed by atoms with E-state index >= 15 is 0 Å². The predicted octanol–water partition coefficient (Wildman–Crippen LogP) is 6.19. The summed E-state index contributed by atoms with van der Waals surface area (Å²) in [6.45, 7) is 1.84. The molecule has 0 aliphatic carbocycles. The quantitative estimate of drug-likeness (QED) is 0.528. The van der Waals surface area contributed by atoms with Gasteiger partial charge >= 0.3 is 0 Å². The lowest BCUT2D eigenvalue weighted by Gasteiger charge is -2.13. The smallest absolute Gasteiger partial charge is 0.223 e. The molecule has 0 aromatic heterocycles. The molecule has 1 aliphatic rings. The molecule has 0 bridgehead atoms. The van der Waals surface area contributed by atoms with Gasteiger partial charge < -0.3 is 4.74 Å². The maximum atomic E-state index is 14.0. The van der Waals surface area contributed by atoms with Crippen molar-refractivity contribution in [2.45, 2.75) is 19.1 Å². The minimum atomic E-state index is -0.681. The lowest BCUT2D eigenvalue weighted by molar-refractivity contribution is 0.213. The molecule has 0 fully saturated rings. The van der Waals surface area contributed by atoms with Crippen molar-refractivity contribution in [3.05, 3.63) is 94.5 Å². The molecule has 136 valence electrons. The fraction of sp³-hybridized carbons (Fsp3) is 0.136. The van der Waals surface area contributed by atoms with Gasteiger partial charge in [0, 0.05) is 5.02 Å². The molecule has 0 radical (unpaired) electrons. The Labute approximate surface area is 161 Å². The molecule has 1 heterocycles. The van der Waals surface area contributed by atoms with Gasteiger partial charge in [-0.25, -0.2) is 13.8 Å². The van der Waals surface area contributed by atoms with E-state index in [1.165, 1.54) is 18.2 Å². The Bertz CT molecular complexity index is 980. The van der Waals surface area contributed by atoms with Gasteiger partial charge in [0.25, 0.3) is 0 Å². The molecule has 2 atom stereocenters.